The summed E-state index contributed by atoms with van der Waals surface area (Å²) in [5.74, 6) is -0.426. The molecule has 1 amide bonds. The van der Waals surface area contributed by atoms with Crippen molar-refractivity contribution in [2.75, 3.05) is 0 Å². The number of nitrogens with one attached hydrogen (secondary N) is 1. The molecule has 0 aliphatic heterocycles. The number of aromatic amines is 1. The van der Waals surface area contributed by atoms with Crippen LogP contribution in [-0.2, 0) is 11.2 Å². The molecule has 0 saturated heterocycles. The highest BCUT2D eigenvalue weighted by atomic mass is 16.1. The van der Waals surface area contributed by atoms with Gasteiger partial charge < -0.3 is 10.7 Å². The molecule has 70 valence electrons. The molecule has 1 heterocycles. The maximum Gasteiger partial charge on any atom is 0.221 e. The average molecular weight is 180 g/mol. The molecule has 1 rings (SSSR count). The molecule has 13 heavy (non-hydrogen) atoms. The van der Waals surface area contributed by atoms with Crippen LogP contribution < -0.4 is 5.73 Å². The molecule has 0 atom stereocenters. The Morgan fingerprint density at radius 3 is 2.54 bits per heavy atom. The summed E-state index contributed by atoms with van der Waals surface area (Å²) in [4.78, 5) is 24.4. The van der Waals surface area contributed by atoms with Gasteiger partial charge in [-0.3, -0.25) is 9.59 Å². The van der Waals surface area contributed by atoms with Gasteiger partial charge in [-0.05, 0) is 19.4 Å². The third-order valence-electron chi connectivity index (χ3n) is 2.03. The van der Waals surface area contributed by atoms with Crippen molar-refractivity contribution in [3.63, 3.8) is 0 Å². The van der Waals surface area contributed by atoms with Crippen molar-refractivity contribution in [2.24, 2.45) is 5.73 Å². The number of aldehydes is 1. The zero-order chi connectivity index (χ0) is 10.0. The zero-order valence-corrected chi connectivity index (χ0v) is 7.68. The third-order valence-corrected chi connectivity index (χ3v) is 2.03. The van der Waals surface area contributed by atoms with Gasteiger partial charge in [0, 0.05) is 17.0 Å². The molecule has 0 saturated carbocycles. The van der Waals surface area contributed by atoms with E-state index in [0.29, 0.717) is 11.1 Å². The number of hydrogen-bond acceptors (Lipinski definition) is 2. The summed E-state index contributed by atoms with van der Waals surface area (Å²) in [6.07, 6.45) is 0.862. The Labute approximate surface area is 76.1 Å². The van der Waals surface area contributed by atoms with Crippen LogP contribution in [0.25, 0.3) is 0 Å². The molecule has 0 fully saturated rings. The maximum atomic E-state index is 10.7. The molecule has 0 radical (unpaired) electrons. The fourth-order valence-corrected chi connectivity index (χ4v) is 1.41. The Bertz CT molecular complexity index is 353. The van der Waals surface area contributed by atoms with Crippen LogP contribution in [0.3, 0.4) is 0 Å². The molecule has 0 unspecified atom stereocenters. The summed E-state index contributed by atoms with van der Waals surface area (Å²) in [6, 6.07) is 0. The average Bonchev–Trinajstić information content (AvgIpc) is 2.26. The fourth-order valence-electron chi connectivity index (χ4n) is 1.41. The van der Waals surface area contributed by atoms with E-state index in [-0.39, 0.29) is 6.42 Å². The van der Waals surface area contributed by atoms with Crippen LogP contribution in [0, 0.1) is 13.8 Å². The summed E-state index contributed by atoms with van der Waals surface area (Å²) < 4.78 is 0. The summed E-state index contributed by atoms with van der Waals surface area (Å²) in [5.41, 5.74) is 7.93. The van der Waals surface area contributed by atoms with Gasteiger partial charge in [-0.2, -0.15) is 0 Å². The van der Waals surface area contributed by atoms with Gasteiger partial charge in [0.15, 0.2) is 6.29 Å². The highest BCUT2D eigenvalue weighted by Gasteiger charge is 2.13. The molecule has 0 aliphatic rings. The van der Waals surface area contributed by atoms with E-state index < -0.39 is 5.91 Å². The Balaban J connectivity index is 3.16. The predicted octanol–water partition coefficient (Wildman–Crippen LogP) is 0.472. The second-order valence-electron chi connectivity index (χ2n) is 3.03. The quantitative estimate of drug-likeness (QED) is 0.663. The maximum absolute atomic E-state index is 10.7. The van der Waals surface area contributed by atoms with Gasteiger partial charge in [-0.1, -0.05) is 0 Å². The number of hydrogen-bond donors (Lipinski definition) is 2. The van der Waals surface area contributed by atoms with Crippen LogP contribution in [0.1, 0.15) is 27.3 Å². The largest absolute Gasteiger partial charge is 0.369 e. The fraction of sp³-hybridized carbons (Fsp3) is 0.333. The number of H-pyrrole nitrogens is 1. The van der Waals surface area contributed by atoms with Crippen molar-refractivity contribution in [3.8, 4) is 0 Å². The van der Waals surface area contributed by atoms with Gasteiger partial charge in [0.25, 0.3) is 0 Å². The number of primary amides is 1. The summed E-state index contributed by atoms with van der Waals surface area (Å²) >= 11 is 0. The van der Waals surface area contributed by atoms with Gasteiger partial charge >= 0.3 is 0 Å². The lowest BCUT2D eigenvalue weighted by atomic mass is 10.1. The Kier molecular flexibility index (Phi) is 2.51. The molecule has 4 heteroatoms. The first kappa shape index (κ1) is 9.51. The topological polar surface area (TPSA) is 76.0 Å². The van der Waals surface area contributed by atoms with Crippen LogP contribution >= 0.6 is 0 Å². The summed E-state index contributed by atoms with van der Waals surface area (Å²) in [6.45, 7) is 3.61. The number of rotatable bonds is 3. The van der Waals surface area contributed by atoms with Gasteiger partial charge in [-0.25, -0.2) is 0 Å². The normalized spacial score (nSPS) is 10.0. The van der Waals surface area contributed by atoms with E-state index in [1.54, 1.807) is 6.92 Å². The lowest BCUT2D eigenvalue weighted by Gasteiger charge is -1.96. The van der Waals surface area contributed by atoms with E-state index in [4.69, 9.17) is 5.73 Å². The Hall–Kier alpha value is -1.58. The minimum atomic E-state index is -0.426. The lowest BCUT2D eigenvalue weighted by molar-refractivity contribution is -0.117. The molecular formula is C9H12N2O2. The van der Waals surface area contributed by atoms with Crippen LogP contribution in [-0.4, -0.2) is 17.2 Å². The van der Waals surface area contributed by atoms with Crippen molar-refractivity contribution >= 4 is 12.2 Å². The number of amides is 1. The first-order valence-corrected chi connectivity index (χ1v) is 3.97. The smallest absolute Gasteiger partial charge is 0.221 e. The minimum absolute atomic E-state index is 0.115. The van der Waals surface area contributed by atoms with Crippen LogP contribution in [0.15, 0.2) is 0 Å². The highest BCUT2D eigenvalue weighted by Crippen LogP contribution is 2.16. The molecule has 1 aromatic heterocycles. The SMILES string of the molecule is Cc1[nH]c(C)c(CC(N)=O)c1C=O. The number of aromatic nitrogens is 1. The second-order valence-corrected chi connectivity index (χ2v) is 3.03. The van der Waals surface area contributed by atoms with E-state index in [1.165, 1.54) is 0 Å². The number of carbonyl (C=O) groups excluding carboxylic acids is 2. The van der Waals surface area contributed by atoms with Crippen molar-refractivity contribution in [1.82, 2.24) is 4.98 Å². The van der Waals surface area contributed by atoms with E-state index >= 15 is 0 Å². The summed E-state index contributed by atoms with van der Waals surface area (Å²) in [7, 11) is 0. The van der Waals surface area contributed by atoms with E-state index in [1.807, 2.05) is 6.92 Å². The van der Waals surface area contributed by atoms with Crippen LogP contribution in [0.5, 0.6) is 0 Å². The molecule has 3 N–H and O–H groups in total. The van der Waals surface area contributed by atoms with E-state index in [0.717, 1.165) is 17.7 Å². The van der Waals surface area contributed by atoms with Gasteiger partial charge in [0.1, 0.15) is 0 Å². The minimum Gasteiger partial charge on any atom is -0.369 e. The second kappa shape index (κ2) is 3.43. The molecule has 0 spiro atoms. The molecule has 0 aromatic carbocycles. The van der Waals surface area contributed by atoms with Crippen LogP contribution in [0.4, 0.5) is 0 Å². The Morgan fingerprint density at radius 2 is 2.08 bits per heavy atom. The van der Waals surface area contributed by atoms with Crippen molar-refractivity contribution < 1.29 is 9.59 Å². The zero-order valence-electron chi connectivity index (χ0n) is 7.68. The number of aryl methyl sites for hydroxylation is 2. The third kappa shape index (κ3) is 1.77. The predicted molar refractivity (Wildman–Crippen MR) is 48.6 cm³/mol. The molecule has 4 nitrogen and oxygen atoms in total. The lowest BCUT2D eigenvalue weighted by Crippen LogP contribution is -2.14. The standard InChI is InChI=1S/C9H12N2O2/c1-5-7(3-9(10)13)8(4-12)6(2)11-5/h4,11H,3H2,1-2H3,(H2,10,13). The van der Waals surface area contributed by atoms with Gasteiger partial charge in [-0.15, -0.1) is 0 Å². The van der Waals surface area contributed by atoms with Gasteiger partial charge in [0.2, 0.25) is 5.91 Å². The van der Waals surface area contributed by atoms with Crippen molar-refractivity contribution in [2.45, 2.75) is 20.3 Å². The molecule has 0 bridgehead atoms. The first-order chi connectivity index (χ1) is 6.06. The molecule has 1 aromatic rings. The number of nitrogens with two attached hydrogens (primary N) is 1. The van der Waals surface area contributed by atoms with Crippen molar-refractivity contribution in [3.05, 3.63) is 22.5 Å². The van der Waals surface area contributed by atoms with Crippen molar-refractivity contribution in [1.29, 1.82) is 0 Å². The van der Waals surface area contributed by atoms with Gasteiger partial charge in [0.05, 0.1) is 6.42 Å². The Morgan fingerprint density at radius 1 is 1.46 bits per heavy atom. The number of carbonyl (C=O) groups is 2. The molecular weight excluding hydrogens is 168 g/mol. The summed E-state index contributed by atoms with van der Waals surface area (Å²) in [5, 5.41) is 0. The monoisotopic (exact) mass is 180 g/mol. The molecule has 0 aliphatic carbocycles. The first-order valence-electron chi connectivity index (χ1n) is 3.97. The van der Waals surface area contributed by atoms with E-state index in [9.17, 15) is 9.59 Å². The van der Waals surface area contributed by atoms with Crippen LogP contribution in [0.2, 0.25) is 0 Å². The van der Waals surface area contributed by atoms with E-state index in [2.05, 4.69) is 4.98 Å². The highest BCUT2D eigenvalue weighted by molar-refractivity contribution is 5.85.